The van der Waals surface area contributed by atoms with Crippen molar-refractivity contribution >= 4 is 28.6 Å². The van der Waals surface area contributed by atoms with Gasteiger partial charge in [-0.3, -0.25) is 14.4 Å². The molecule has 3 heterocycles. The Bertz CT molecular complexity index is 951. The van der Waals surface area contributed by atoms with Crippen molar-refractivity contribution in [2.45, 2.75) is 45.6 Å². The molecule has 30 heavy (non-hydrogen) atoms. The molecule has 1 aromatic carbocycles. The molecule has 2 aliphatic rings. The fourth-order valence-corrected chi connectivity index (χ4v) is 4.51. The van der Waals surface area contributed by atoms with Crippen LogP contribution in [0, 0.1) is 12.8 Å². The lowest BCUT2D eigenvalue weighted by molar-refractivity contribution is -0.138. The molecule has 7 nitrogen and oxygen atoms in total. The second-order valence-corrected chi connectivity index (χ2v) is 8.51. The average molecular weight is 411 g/mol. The quantitative estimate of drug-likeness (QED) is 0.735. The number of aryl methyl sites for hydroxylation is 1. The predicted octanol–water partition coefficient (Wildman–Crippen LogP) is 2.34. The zero-order valence-electron chi connectivity index (χ0n) is 17.6. The summed E-state index contributed by atoms with van der Waals surface area (Å²) in [5.41, 5.74) is 3.28. The average Bonchev–Trinajstić information content (AvgIpc) is 3.31. The molecule has 3 amide bonds. The number of carbonyl (C=O) groups excluding carboxylic acids is 3. The van der Waals surface area contributed by atoms with Crippen molar-refractivity contribution in [1.29, 1.82) is 0 Å². The minimum Gasteiger partial charge on any atom is -0.359 e. The summed E-state index contributed by atoms with van der Waals surface area (Å²) in [5.74, 6) is 0.159. The summed E-state index contributed by atoms with van der Waals surface area (Å²) in [6.45, 7) is 5.11. The smallest absolute Gasteiger partial charge is 0.225 e. The lowest BCUT2D eigenvalue weighted by Gasteiger charge is -2.32. The van der Waals surface area contributed by atoms with E-state index in [-0.39, 0.29) is 23.6 Å². The standard InChI is InChI=1S/C23H30N4O3/c1-16-12-19-13-17(5-7-20(19)25-16)14-24-23(30)18-6-8-22(29)27(15-18)11-3-10-26-9-2-4-21(26)28/h5,7,12-13,18,25H,2-4,6,8-11,14-15H2,1H3,(H,24,30)/t18-/m1/s1. The molecule has 2 fully saturated rings. The molecule has 2 saturated heterocycles. The van der Waals surface area contributed by atoms with Crippen LogP contribution in [0.15, 0.2) is 24.3 Å². The number of nitrogens with zero attached hydrogens (tertiary/aromatic N) is 2. The van der Waals surface area contributed by atoms with Gasteiger partial charge in [-0.2, -0.15) is 0 Å². The first-order chi connectivity index (χ1) is 14.5. The van der Waals surface area contributed by atoms with Gasteiger partial charge in [-0.05, 0) is 55.3 Å². The molecular weight excluding hydrogens is 380 g/mol. The maximum atomic E-state index is 12.7. The molecule has 7 heteroatoms. The van der Waals surface area contributed by atoms with Gasteiger partial charge in [-0.25, -0.2) is 0 Å². The molecule has 0 aliphatic carbocycles. The van der Waals surface area contributed by atoms with Crippen LogP contribution in [0.5, 0.6) is 0 Å². The number of fused-ring (bicyclic) bond motifs is 1. The number of benzene rings is 1. The van der Waals surface area contributed by atoms with Crippen molar-refractivity contribution in [2.24, 2.45) is 5.92 Å². The largest absolute Gasteiger partial charge is 0.359 e. The summed E-state index contributed by atoms with van der Waals surface area (Å²) < 4.78 is 0. The molecule has 160 valence electrons. The van der Waals surface area contributed by atoms with Crippen molar-refractivity contribution in [1.82, 2.24) is 20.1 Å². The molecule has 2 aliphatic heterocycles. The third-order valence-electron chi connectivity index (χ3n) is 6.18. The van der Waals surface area contributed by atoms with Crippen LogP contribution in [0.25, 0.3) is 10.9 Å². The molecule has 0 radical (unpaired) electrons. The Hall–Kier alpha value is -2.83. The van der Waals surface area contributed by atoms with Crippen LogP contribution in [0.2, 0.25) is 0 Å². The van der Waals surface area contributed by atoms with E-state index in [9.17, 15) is 14.4 Å². The first-order valence-electron chi connectivity index (χ1n) is 10.9. The van der Waals surface area contributed by atoms with Gasteiger partial charge in [0.2, 0.25) is 17.7 Å². The fraction of sp³-hybridized carbons (Fsp3) is 0.522. The number of aromatic amines is 1. The molecule has 2 N–H and O–H groups in total. The summed E-state index contributed by atoms with van der Waals surface area (Å²) in [4.78, 5) is 43.7. The van der Waals surface area contributed by atoms with Crippen molar-refractivity contribution in [3.05, 3.63) is 35.5 Å². The van der Waals surface area contributed by atoms with Crippen LogP contribution < -0.4 is 5.32 Å². The van der Waals surface area contributed by atoms with Gasteiger partial charge >= 0.3 is 0 Å². The lowest BCUT2D eigenvalue weighted by atomic mass is 9.96. The molecule has 0 saturated carbocycles. The highest BCUT2D eigenvalue weighted by atomic mass is 16.2. The molecular formula is C23H30N4O3. The number of piperidine rings is 1. The van der Waals surface area contributed by atoms with Gasteiger partial charge < -0.3 is 20.1 Å². The van der Waals surface area contributed by atoms with Gasteiger partial charge in [0, 0.05) is 56.8 Å². The highest BCUT2D eigenvalue weighted by molar-refractivity contribution is 5.84. The lowest BCUT2D eigenvalue weighted by Crippen LogP contribution is -2.46. The normalized spacial score (nSPS) is 19.7. The number of nitrogens with one attached hydrogen (secondary N) is 2. The summed E-state index contributed by atoms with van der Waals surface area (Å²) in [5, 5.41) is 4.19. The van der Waals surface area contributed by atoms with Gasteiger partial charge in [0.1, 0.15) is 0 Å². The minimum atomic E-state index is -0.172. The highest BCUT2D eigenvalue weighted by Crippen LogP contribution is 2.20. The zero-order chi connectivity index (χ0) is 21.1. The Morgan fingerprint density at radius 1 is 1.13 bits per heavy atom. The van der Waals surface area contributed by atoms with Crippen LogP contribution in [0.1, 0.15) is 43.4 Å². The van der Waals surface area contributed by atoms with Crippen LogP contribution >= 0.6 is 0 Å². The molecule has 2 aromatic rings. The van der Waals surface area contributed by atoms with Crippen molar-refractivity contribution in [3.8, 4) is 0 Å². The topological polar surface area (TPSA) is 85.5 Å². The number of aromatic nitrogens is 1. The third-order valence-corrected chi connectivity index (χ3v) is 6.18. The number of hydrogen-bond donors (Lipinski definition) is 2. The monoisotopic (exact) mass is 410 g/mol. The number of carbonyl (C=O) groups is 3. The maximum Gasteiger partial charge on any atom is 0.225 e. The van der Waals surface area contributed by atoms with Crippen LogP contribution in [0.3, 0.4) is 0 Å². The fourth-order valence-electron chi connectivity index (χ4n) is 4.51. The van der Waals surface area contributed by atoms with E-state index in [2.05, 4.69) is 22.4 Å². The first-order valence-corrected chi connectivity index (χ1v) is 10.9. The van der Waals surface area contributed by atoms with E-state index in [1.54, 1.807) is 4.90 Å². The second kappa shape index (κ2) is 8.90. The number of hydrogen-bond acceptors (Lipinski definition) is 3. The van der Waals surface area contributed by atoms with Gasteiger partial charge in [0.25, 0.3) is 0 Å². The van der Waals surface area contributed by atoms with E-state index in [0.29, 0.717) is 45.4 Å². The van der Waals surface area contributed by atoms with E-state index >= 15 is 0 Å². The van der Waals surface area contributed by atoms with Gasteiger partial charge in [0.05, 0.1) is 5.92 Å². The van der Waals surface area contributed by atoms with E-state index in [1.807, 2.05) is 24.0 Å². The van der Waals surface area contributed by atoms with Gasteiger partial charge in [-0.15, -0.1) is 0 Å². The molecule has 0 unspecified atom stereocenters. The maximum absolute atomic E-state index is 12.7. The number of H-pyrrole nitrogens is 1. The first kappa shape index (κ1) is 20.4. The van der Waals surface area contributed by atoms with Crippen LogP contribution in [-0.4, -0.2) is 58.7 Å². The Morgan fingerprint density at radius 2 is 1.93 bits per heavy atom. The molecule has 1 aromatic heterocycles. The molecule has 4 rings (SSSR count). The van der Waals surface area contributed by atoms with E-state index in [1.165, 1.54) is 0 Å². The van der Waals surface area contributed by atoms with Crippen molar-refractivity contribution < 1.29 is 14.4 Å². The number of amides is 3. The molecule has 1 atom stereocenters. The number of likely N-dealkylation sites (tertiary alicyclic amines) is 2. The Balaban J connectivity index is 1.26. The SMILES string of the molecule is Cc1cc2cc(CNC(=O)[C@@H]3CCC(=O)N(CCCN4CCCC4=O)C3)ccc2[nH]1. The van der Waals surface area contributed by atoms with Crippen LogP contribution in [0.4, 0.5) is 0 Å². The molecule has 0 spiro atoms. The molecule has 0 bridgehead atoms. The van der Waals surface area contributed by atoms with Gasteiger partial charge in [-0.1, -0.05) is 6.07 Å². The van der Waals surface area contributed by atoms with Crippen molar-refractivity contribution in [3.63, 3.8) is 0 Å². The number of rotatable bonds is 7. The predicted molar refractivity (Wildman–Crippen MR) is 115 cm³/mol. The Labute approximate surface area is 176 Å². The van der Waals surface area contributed by atoms with Crippen LogP contribution in [-0.2, 0) is 20.9 Å². The van der Waals surface area contributed by atoms with E-state index in [4.69, 9.17) is 0 Å². The summed E-state index contributed by atoms with van der Waals surface area (Å²) in [6, 6.07) is 8.25. The van der Waals surface area contributed by atoms with Gasteiger partial charge in [0.15, 0.2) is 0 Å². The van der Waals surface area contributed by atoms with Crippen molar-refractivity contribution in [2.75, 3.05) is 26.2 Å². The summed E-state index contributed by atoms with van der Waals surface area (Å²) >= 11 is 0. The summed E-state index contributed by atoms with van der Waals surface area (Å²) in [6.07, 6.45) is 3.35. The summed E-state index contributed by atoms with van der Waals surface area (Å²) in [7, 11) is 0. The second-order valence-electron chi connectivity index (χ2n) is 8.51. The third kappa shape index (κ3) is 4.66. The highest BCUT2D eigenvalue weighted by Gasteiger charge is 2.30. The van der Waals surface area contributed by atoms with E-state index in [0.717, 1.165) is 41.5 Å². The Kier molecular flexibility index (Phi) is 6.06. The minimum absolute atomic E-state index is 0.00701. The van der Waals surface area contributed by atoms with E-state index < -0.39 is 0 Å². The Morgan fingerprint density at radius 3 is 2.73 bits per heavy atom. The zero-order valence-corrected chi connectivity index (χ0v) is 17.6.